The Bertz CT molecular complexity index is 476. The molecule has 2 aliphatic rings. The maximum Gasteiger partial charge on any atom is 0.127 e. The van der Waals surface area contributed by atoms with Crippen molar-refractivity contribution < 1.29 is 4.74 Å². The molecular formula is C17H26N2O. The largest absolute Gasteiger partial charge is 0.487 e. The Kier molecular flexibility index (Phi) is 3.74. The second-order valence-electron chi connectivity index (χ2n) is 6.90. The Labute approximate surface area is 122 Å². The molecule has 3 nitrogen and oxygen atoms in total. The van der Waals surface area contributed by atoms with Crippen LogP contribution in [0.15, 0.2) is 18.2 Å². The molecule has 3 heteroatoms. The summed E-state index contributed by atoms with van der Waals surface area (Å²) in [7, 11) is 0. The summed E-state index contributed by atoms with van der Waals surface area (Å²) in [6.45, 7) is 8.51. The lowest BCUT2D eigenvalue weighted by atomic mass is 9.96. The number of piperidine rings is 1. The predicted octanol–water partition coefficient (Wildman–Crippen LogP) is 2.57. The van der Waals surface area contributed by atoms with Crippen molar-refractivity contribution in [3.05, 3.63) is 29.3 Å². The van der Waals surface area contributed by atoms with E-state index in [-0.39, 0.29) is 5.60 Å². The normalized spacial score (nSPS) is 22.6. The predicted molar refractivity (Wildman–Crippen MR) is 81.9 cm³/mol. The lowest BCUT2D eigenvalue weighted by Crippen LogP contribution is -2.35. The highest BCUT2D eigenvalue weighted by atomic mass is 16.5. The van der Waals surface area contributed by atoms with Gasteiger partial charge in [0.25, 0.3) is 0 Å². The van der Waals surface area contributed by atoms with Crippen molar-refractivity contribution in [2.24, 2.45) is 11.7 Å². The molecule has 0 aliphatic carbocycles. The van der Waals surface area contributed by atoms with E-state index in [0.29, 0.717) is 0 Å². The van der Waals surface area contributed by atoms with Gasteiger partial charge in [-0.05, 0) is 57.8 Å². The molecular weight excluding hydrogens is 248 g/mol. The summed E-state index contributed by atoms with van der Waals surface area (Å²) in [5.74, 6) is 1.86. The summed E-state index contributed by atoms with van der Waals surface area (Å²) >= 11 is 0. The summed E-state index contributed by atoms with van der Waals surface area (Å²) in [6, 6.07) is 6.59. The lowest BCUT2D eigenvalue weighted by Gasteiger charge is -2.31. The average molecular weight is 274 g/mol. The number of nitrogens with zero attached hydrogens (tertiary/aromatic N) is 1. The number of ether oxygens (including phenoxy) is 1. The fourth-order valence-electron chi connectivity index (χ4n) is 3.43. The van der Waals surface area contributed by atoms with E-state index in [1.807, 2.05) is 0 Å². The van der Waals surface area contributed by atoms with Gasteiger partial charge in [0.1, 0.15) is 11.4 Å². The number of hydrogen-bond donors (Lipinski definition) is 1. The van der Waals surface area contributed by atoms with Crippen molar-refractivity contribution in [1.29, 1.82) is 0 Å². The summed E-state index contributed by atoms with van der Waals surface area (Å²) in [6.07, 6.45) is 3.49. The first-order valence-corrected chi connectivity index (χ1v) is 7.79. The molecule has 0 bridgehead atoms. The highest BCUT2D eigenvalue weighted by molar-refractivity contribution is 5.45. The molecule has 0 radical (unpaired) electrons. The van der Waals surface area contributed by atoms with Gasteiger partial charge in [-0.1, -0.05) is 18.2 Å². The van der Waals surface area contributed by atoms with Gasteiger partial charge in [0.15, 0.2) is 0 Å². The molecule has 0 unspecified atom stereocenters. The third-order valence-corrected chi connectivity index (χ3v) is 4.61. The van der Waals surface area contributed by atoms with Crippen LogP contribution in [0.3, 0.4) is 0 Å². The maximum atomic E-state index is 6.16. The molecule has 1 saturated heterocycles. The van der Waals surface area contributed by atoms with Gasteiger partial charge < -0.3 is 10.5 Å². The van der Waals surface area contributed by atoms with Gasteiger partial charge in [0, 0.05) is 18.5 Å². The summed E-state index contributed by atoms with van der Waals surface area (Å²) in [5, 5.41) is 0. The van der Waals surface area contributed by atoms with Crippen LogP contribution in [0.4, 0.5) is 0 Å². The van der Waals surface area contributed by atoms with Crippen molar-refractivity contribution in [3.8, 4) is 5.75 Å². The van der Waals surface area contributed by atoms with E-state index in [1.54, 1.807) is 0 Å². The third kappa shape index (κ3) is 2.84. The fourth-order valence-corrected chi connectivity index (χ4v) is 3.43. The van der Waals surface area contributed by atoms with Crippen molar-refractivity contribution in [3.63, 3.8) is 0 Å². The van der Waals surface area contributed by atoms with E-state index >= 15 is 0 Å². The number of benzene rings is 1. The number of fused-ring (bicyclic) bond motifs is 1. The van der Waals surface area contributed by atoms with Gasteiger partial charge in [-0.3, -0.25) is 4.90 Å². The fraction of sp³-hybridized carbons (Fsp3) is 0.647. The Balaban J connectivity index is 1.69. The molecule has 0 amide bonds. The van der Waals surface area contributed by atoms with E-state index in [0.717, 1.165) is 44.3 Å². The highest BCUT2D eigenvalue weighted by Crippen LogP contribution is 2.38. The quantitative estimate of drug-likeness (QED) is 0.920. The van der Waals surface area contributed by atoms with Crippen molar-refractivity contribution >= 4 is 0 Å². The number of para-hydroxylation sites is 1. The van der Waals surface area contributed by atoms with Gasteiger partial charge >= 0.3 is 0 Å². The van der Waals surface area contributed by atoms with Crippen LogP contribution in [0.5, 0.6) is 5.75 Å². The molecule has 2 heterocycles. The van der Waals surface area contributed by atoms with E-state index in [2.05, 4.69) is 36.9 Å². The van der Waals surface area contributed by atoms with Crippen LogP contribution in [0.1, 0.15) is 37.8 Å². The number of nitrogens with two attached hydrogens (primary N) is 1. The van der Waals surface area contributed by atoms with Gasteiger partial charge in [-0.15, -0.1) is 0 Å². The number of hydrogen-bond acceptors (Lipinski definition) is 3. The molecule has 20 heavy (non-hydrogen) atoms. The molecule has 0 spiro atoms. The van der Waals surface area contributed by atoms with Gasteiger partial charge in [-0.2, -0.15) is 0 Å². The average Bonchev–Trinajstić information content (AvgIpc) is 2.75. The van der Waals surface area contributed by atoms with E-state index in [4.69, 9.17) is 10.5 Å². The molecule has 0 atom stereocenters. The first-order chi connectivity index (χ1) is 9.57. The number of likely N-dealkylation sites (tertiary alicyclic amines) is 1. The third-order valence-electron chi connectivity index (χ3n) is 4.61. The minimum absolute atomic E-state index is 0.0506. The minimum Gasteiger partial charge on any atom is -0.487 e. The molecule has 1 aromatic carbocycles. The number of rotatable bonds is 3. The van der Waals surface area contributed by atoms with Crippen molar-refractivity contribution in [2.45, 2.75) is 45.3 Å². The van der Waals surface area contributed by atoms with E-state index < -0.39 is 0 Å². The van der Waals surface area contributed by atoms with Crippen LogP contribution < -0.4 is 10.5 Å². The van der Waals surface area contributed by atoms with Crippen LogP contribution >= 0.6 is 0 Å². The second-order valence-corrected chi connectivity index (χ2v) is 6.90. The van der Waals surface area contributed by atoms with E-state index in [9.17, 15) is 0 Å². The summed E-state index contributed by atoms with van der Waals surface area (Å²) in [5.41, 5.74) is 8.43. The molecule has 2 N–H and O–H groups in total. The SMILES string of the molecule is CC1(C)Cc2cccc(CN3CCC(CN)CC3)c2O1. The molecule has 2 aliphatic heterocycles. The summed E-state index contributed by atoms with van der Waals surface area (Å²) < 4.78 is 6.16. The molecule has 0 aromatic heterocycles. The molecule has 1 fully saturated rings. The lowest BCUT2D eigenvalue weighted by molar-refractivity contribution is 0.132. The molecule has 110 valence electrons. The zero-order chi connectivity index (χ0) is 14.2. The van der Waals surface area contributed by atoms with Gasteiger partial charge in [0.05, 0.1) is 0 Å². The highest BCUT2D eigenvalue weighted by Gasteiger charge is 2.32. The Morgan fingerprint density at radius 1 is 1.30 bits per heavy atom. The van der Waals surface area contributed by atoms with Crippen molar-refractivity contribution in [1.82, 2.24) is 4.90 Å². The van der Waals surface area contributed by atoms with Crippen LogP contribution in [-0.2, 0) is 13.0 Å². The Hall–Kier alpha value is -1.06. The topological polar surface area (TPSA) is 38.5 Å². The molecule has 0 saturated carbocycles. The standard InChI is InChI=1S/C17H26N2O/c1-17(2)10-14-4-3-5-15(16(14)20-17)12-19-8-6-13(11-18)7-9-19/h3-5,13H,6-12,18H2,1-2H3. The maximum absolute atomic E-state index is 6.16. The van der Waals surface area contributed by atoms with E-state index in [1.165, 1.54) is 24.0 Å². The van der Waals surface area contributed by atoms with Crippen LogP contribution in [0.2, 0.25) is 0 Å². The Morgan fingerprint density at radius 2 is 2.05 bits per heavy atom. The zero-order valence-corrected chi connectivity index (χ0v) is 12.7. The van der Waals surface area contributed by atoms with Crippen LogP contribution in [-0.4, -0.2) is 30.1 Å². The zero-order valence-electron chi connectivity index (χ0n) is 12.7. The van der Waals surface area contributed by atoms with Crippen molar-refractivity contribution in [2.75, 3.05) is 19.6 Å². The smallest absolute Gasteiger partial charge is 0.127 e. The van der Waals surface area contributed by atoms with Crippen LogP contribution in [0.25, 0.3) is 0 Å². The first kappa shape index (κ1) is 13.9. The second kappa shape index (κ2) is 5.38. The molecule has 1 aromatic rings. The van der Waals surface area contributed by atoms with Gasteiger partial charge in [-0.25, -0.2) is 0 Å². The summed E-state index contributed by atoms with van der Waals surface area (Å²) in [4.78, 5) is 2.54. The first-order valence-electron chi connectivity index (χ1n) is 7.79. The molecule has 3 rings (SSSR count). The van der Waals surface area contributed by atoms with Gasteiger partial charge in [0.2, 0.25) is 0 Å². The minimum atomic E-state index is -0.0506. The van der Waals surface area contributed by atoms with Crippen LogP contribution in [0, 0.1) is 5.92 Å². The monoisotopic (exact) mass is 274 g/mol. The Morgan fingerprint density at radius 3 is 2.75 bits per heavy atom.